The van der Waals surface area contributed by atoms with Crippen molar-refractivity contribution in [1.29, 1.82) is 5.26 Å². The zero-order valence-electron chi connectivity index (χ0n) is 10.7. The number of likely N-dealkylation sites (tertiary alicyclic amines) is 1. The first kappa shape index (κ1) is 12.1. The molecule has 0 bridgehead atoms. The monoisotopic (exact) mass is 228 g/mol. The minimum Gasteiger partial charge on any atom is -0.284 e. The van der Waals surface area contributed by atoms with Crippen LogP contribution in [0.25, 0.3) is 0 Å². The van der Waals surface area contributed by atoms with Crippen molar-refractivity contribution >= 4 is 0 Å². The number of nitrogens with zero attached hydrogens (tertiary/aromatic N) is 2. The van der Waals surface area contributed by atoms with Crippen LogP contribution in [-0.2, 0) is 0 Å². The Hall–Kier alpha value is -1.33. The Morgan fingerprint density at radius 2 is 1.94 bits per heavy atom. The van der Waals surface area contributed by atoms with Crippen LogP contribution in [0.4, 0.5) is 0 Å². The molecular weight excluding hydrogens is 208 g/mol. The average Bonchev–Trinajstić information content (AvgIpc) is 2.35. The summed E-state index contributed by atoms with van der Waals surface area (Å²) in [6.07, 6.45) is 2.42. The van der Waals surface area contributed by atoms with Gasteiger partial charge in [-0.15, -0.1) is 0 Å². The molecule has 1 aromatic rings. The van der Waals surface area contributed by atoms with E-state index in [1.807, 2.05) is 12.1 Å². The van der Waals surface area contributed by atoms with Crippen LogP contribution in [0.5, 0.6) is 0 Å². The Kier molecular flexibility index (Phi) is 3.81. The Labute approximate surface area is 104 Å². The molecule has 1 aromatic carbocycles. The molecular formula is C15H20N2. The van der Waals surface area contributed by atoms with Crippen molar-refractivity contribution < 1.29 is 0 Å². The fourth-order valence-electron chi connectivity index (χ4n) is 2.53. The van der Waals surface area contributed by atoms with E-state index in [-0.39, 0.29) is 6.04 Å². The third kappa shape index (κ3) is 2.68. The molecule has 2 nitrogen and oxygen atoms in total. The normalized spacial score (nSPS) is 19.8. The third-order valence-electron chi connectivity index (χ3n) is 3.79. The van der Waals surface area contributed by atoms with Crippen molar-refractivity contribution in [3.05, 3.63) is 35.4 Å². The lowest BCUT2D eigenvalue weighted by molar-refractivity contribution is 0.164. The molecule has 0 amide bonds. The predicted octanol–water partition coefficient (Wildman–Crippen LogP) is 3.29. The molecule has 1 aliphatic heterocycles. The van der Waals surface area contributed by atoms with Gasteiger partial charge in [-0.25, -0.2) is 0 Å². The van der Waals surface area contributed by atoms with Crippen LogP contribution < -0.4 is 0 Å². The molecule has 1 heterocycles. The highest BCUT2D eigenvalue weighted by atomic mass is 15.2. The van der Waals surface area contributed by atoms with Gasteiger partial charge in [0.1, 0.15) is 6.04 Å². The van der Waals surface area contributed by atoms with Gasteiger partial charge in [-0.1, -0.05) is 31.2 Å². The lowest BCUT2D eigenvalue weighted by atomic mass is 9.95. The Morgan fingerprint density at radius 3 is 2.53 bits per heavy atom. The number of aryl methyl sites for hydroxylation is 1. The molecule has 0 radical (unpaired) electrons. The van der Waals surface area contributed by atoms with Crippen LogP contribution in [0.2, 0.25) is 0 Å². The number of nitriles is 1. The lowest BCUT2D eigenvalue weighted by Crippen LogP contribution is -2.35. The molecule has 0 saturated carbocycles. The molecule has 1 unspecified atom stereocenters. The molecule has 17 heavy (non-hydrogen) atoms. The second-order valence-corrected chi connectivity index (χ2v) is 5.11. The fraction of sp³-hybridized carbons (Fsp3) is 0.533. The number of rotatable bonds is 2. The van der Waals surface area contributed by atoms with Gasteiger partial charge < -0.3 is 0 Å². The van der Waals surface area contributed by atoms with E-state index in [1.165, 1.54) is 24.0 Å². The minimum absolute atomic E-state index is 0.0660. The number of benzene rings is 1. The zero-order valence-corrected chi connectivity index (χ0v) is 10.7. The molecule has 2 heteroatoms. The van der Waals surface area contributed by atoms with E-state index in [0.717, 1.165) is 19.0 Å². The summed E-state index contributed by atoms with van der Waals surface area (Å²) in [7, 11) is 0. The predicted molar refractivity (Wildman–Crippen MR) is 69.5 cm³/mol. The number of hydrogen-bond acceptors (Lipinski definition) is 2. The Balaban J connectivity index is 2.18. The maximum atomic E-state index is 9.43. The molecule has 0 spiro atoms. The maximum Gasteiger partial charge on any atom is 0.124 e. The molecule has 1 atom stereocenters. The highest BCUT2D eigenvalue weighted by Crippen LogP contribution is 2.27. The van der Waals surface area contributed by atoms with Gasteiger partial charge in [-0.05, 0) is 49.9 Å². The number of hydrogen-bond donors (Lipinski definition) is 0. The summed E-state index contributed by atoms with van der Waals surface area (Å²) in [4.78, 5) is 2.32. The van der Waals surface area contributed by atoms with Crippen LogP contribution in [-0.4, -0.2) is 18.0 Å². The number of piperidine rings is 1. The summed E-state index contributed by atoms with van der Waals surface area (Å²) in [6.45, 7) is 6.49. The van der Waals surface area contributed by atoms with Crippen molar-refractivity contribution in [2.75, 3.05) is 13.1 Å². The van der Waals surface area contributed by atoms with Gasteiger partial charge in [0.25, 0.3) is 0 Å². The van der Waals surface area contributed by atoms with Crippen molar-refractivity contribution in [2.45, 2.75) is 32.7 Å². The second-order valence-electron chi connectivity index (χ2n) is 5.11. The Morgan fingerprint density at radius 1 is 1.29 bits per heavy atom. The summed E-state index contributed by atoms with van der Waals surface area (Å²) in [5.74, 6) is 0.808. The average molecular weight is 228 g/mol. The van der Waals surface area contributed by atoms with Crippen molar-refractivity contribution in [2.24, 2.45) is 5.92 Å². The SMILES string of the molecule is Cc1ccccc1C(C#N)N1CCC(C)CC1. The quantitative estimate of drug-likeness (QED) is 0.776. The van der Waals surface area contributed by atoms with E-state index >= 15 is 0 Å². The maximum absolute atomic E-state index is 9.43. The molecule has 1 fully saturated rings. The molecule has 2 rings (SSSR count). The van der Waals surface area contributed by atoms with E-state index < -0.39 is 0 Å². The smallest absolute Gasteiger partial charge is 0.124 e. The van der Waals surface area contributed by atoms with Gasteiger partial charge in [-0.2, -0.15) is 5.26 Å². The van der Waals surface area contributed by atoms with Crippen LogP contribution in [0.1, 0.15) is 36.9 Å². The zero-order chi connectivity index (χ0) is 12.3. The van der Waals surface area contributed by atoms with Gasteiger partial charge >= 0.3 is 0 Å². The van der Waals surface area contributed by atoms with Crippen LogP contribution >= 0.6 is 0 Å². The topological polar surface area (TPSA) is 27.0 Å². The summed E-state index contributed by atoms with van der Waals surface area (Å²) >= 11 is 0. The van der Waals surface area contributed by atoms with E-state index in [1.54, 1.807) is 0 Å². The first-order chi connectivity index (χ1) is 8.22. The lowest BCUT2D eigenvalue weighted by Gasteiger charge is -2.34. The van der Waals surface area contributed by atoms with E-state index in [0.29, 0.717) is 0 Å². The van der Waals surface area contributed by atoms with Gasteiger partial charge in [0.05, 0.1) is 6.07 Å². The second kappa shape index (κ2) is 5.33. The van der Waals surface area contributed by atoms with Gasteiger partial charge in [0, 0.05) is 0 Å². The van der Waals surface area contributed by atoms with Crippen molar-refractivity contribution in [3.8, 4) is 6.07 Å². The van der Waals surface area contributed by atoms with Crippen LogP contribution in [0.15, 0.2) is 24.3 Å². The van der Waals surface area contributed by atoms with Crippen molar-refractivity contribution in [3.63, 3.8) is 0 Å². The molecule has 0 aliphatic carbocycles. The summed E-state index contributed by atoms with van der Waals surface area (Å²) in [5.41, 5.74) is 2.39. The highest BCUT2D eigenvalue weighted by Gasteiger charge is 2.25. The third-order valence-corrected chi connectivity index (χ3v) is 3.79. The fourth-order valence-corrected chi connectivity index (χ4v) is 2.53. The molecule has 0 N–H and O–H groups in total. The van der Waals surface area contributed by atoms with Crippen molar-refractivity contribution in [1.82, 2.24) is 4.90 Å². The van der Waals surface area contributed by atoms with E-state index in [2.05, 4.69) is 36.9 Å². The Bertz CT molecular complexity index is 411. The van der Waals surface area contributed by atoms with Crippen LogP contribution in [0.3, 0.4) is 0 Å². The van der Waals surface area contributed by atoms with E-state index in [9.17, 15) is 5.26 Å². The molecule has 0 aromatic heterocycles. The molecule has 1 aliphatic rings. The summed E-state index contributed by atoms with van der Waals surface area (Å²) in [5, 5.41) is 9.43. The molecule has 1 saturated heterocycles. The first-order valence-electron chi connectivity index (χ1n) is 6.41. The van der Waals surface area contributed by atoms with E-state index in [4.69, 9.17) is 0 Å². The van der Waals surface area contributed by atoms with Gasteiger partial charge in [-0.3, -0.25) is 4.90 Å². The highest BCUT2D eigenvalue weighted by molar-refractivity contribution is 5.32. The van der Waals surface area contributed by atoms with Gasteiger partial charge in [0.2, 0.25) is 0 Å². The minimum atomic E-state index is -0.0660. The summed E-state index contributed by atoms with van der Waals surface area (Å²) in [6, 6.07) is 10.6. The van der Waals surface area contributed by atoms with Gasteiger partial charge in [0.15, 0.2) is 0 Å². The first-order valence-corrected chi connectivity index (χ1v) is 6.41. The summed E-state index contributed by atoms with van der Waals surface area (Å²) < 4.78 is 0. The molecule has 90 valence electrons. The standard InChI is InChI=1S/C15H20N2/c1-12-7-9-17(10-8-12)15(11-16)14-6-4-3-5-13(14)2/h3-6,12,15H,7-10H2,1-2H3. The van der Waals surface area contributed by atoms with Crippen LogP contribution in [0, 0.1) is 24.2 Å². The largest absolute Gasteiger partial charge is 0.284 e.